The molecule has 4 heterocycles. The SMILES string of the molecule is Cc1cccc(C)c1-c1cc2c3c(cc4c(-c5c(C)cccc5C)cc5c6c(cc1c3c46)B1c3ccccc3-c3cc(C#N)cc-5c31)B1c3ccccc3-c3cc(C#N)cc-2c31. The molecule has 2 nitrogen and oxygen atoms in total. The van der Waals surface area contributed by atoms with Gasteiger partial charge in [-0.1, -0.05) is 130 Å². The Balaban J connectivity index is 1.28. The van der Waals surface area contributed by atoms with E-state index in [9.17, 15) is 10.5 Å². The van der Waals surface area contributed by atoms with Gasteiger partial charge in [0.1, 0.15) is 0 Å². The van der Waals surface area contributed by atoms with Crippen LogP contribution in [0, 0.1) is 50.4 Å². The Hall–Kier alpha value is -7.65. The van der Waals surface area contributed by atoms with Gasteiger partial charge in [0.15, 0.2) is 0 Å². The number of hydrogen-bond acceptors (Lipinski definition) is 2. The summed E-state index contributed by atoms with van der Waals surface area (Å²) < 4.78 is 0. The number of rotatable bonds is 2. The van der Waals surface area contributed by atoms with Crippen LogP contribution in [0.4, 0.5) is 0 Å². The van der Waals surface area contributed by atoms with Gasteiger partial charge in [0, 0.05) is 0 Å². The third-order valence-corrected chi connectivity index (χ3v) is 15.2. The maximum Gasteiger partial charge on any atom is 0.244 e. The van der Waals surface area contributed by atoms with E-state index in [2.05, 4.69) is 173 Å². The Labute approximate surface area is 360 Å². The summed E-state index contributed by atoms with van der Waals surface area (Å²) in [5.74, 6) is 0. The van der Waals surface area contributed by atoms with Gasteiger partial charge in [-0.05, 0) is 185 Å². The monoisotopic (exact) mass is 780 g/mol. The van der Waals surface area contributed by atoms with E-state index in [-0.39, 0.29) is 13.4 Å². The number of hydrogen-bond donors (Lipinski definition) is 0. The lowest BCUT2D eigenvalue weighted by atomic mass is 9.34. The van der Waals surface area contributed by atoms with Crippen LogP contribution in [0.25, 0.3) is 99.1 Å². The van der Waals surface area contributed by atoms with Crippen LogP contribution in [0.15, 0.2) is 133 Å². The Morgan fingerprint density at radius 2 is 0.710 bits per heavy atom. The average molecular weight is 781 g/mol. The minimum absolute atomic E-state index is 0.0233. The van der Waals surface area contributed by atoms with Crippen LogP contribution in [-0.4, -0.2) is 13.4 Å². The van der Waals surface area contributed by atoms with Crippen molar-refractivity contribution in [3.8, 4) is 78.9 Å². The number of nitriles is 2. The van der Waals surface area contributed by atoms with Gasteiger partial charge in [0.25, 0.3) is 0 Å². The van der Waals surface area contributed by atoms with Crippen molar-refractivity contribution in [2.45, 2.75) is 27.7 Å². The van der Waals surface area contributed by atoms with Crippen LogP contribution in [0.1, 0.15) is 33.4 Å². The minimum atomic E-state index is 0.0233. The molecule has 0 N–H and O–H groups in total. The lowest BCUT2D eigenvalue weighted by molar-refractivity contribution is 1.38. The standard InChI is InChI=1S/C58H34B2N2/c1-29-11-9-12-30(2)51(29)37-23-39-45-21-33(27-61)19-43-35-15-6-8-18-48(35)60(57(43)45)50-26-42-38(52-31(3)13-10-14-32(52)4)24-40-46-22-34(28-62)20-44-36-16-5-7-17-47(36)59(58(44)46)49-25-41(37)55(53(39)50)56(42)54(40)49/h5-26H,1-4H3. The molecule has 0 aliphatic carbocycles. The maximum atomic E-state index is 10.6. The van der Waals surface area contributed by atoms with Crippen molar-refractivity contribution < 1.29 is 0 Å². The summed E-state index contributed by atoms with van der Waals surface area (Å²) in [6.45, 7) is 9.05. The summed E-state index contributed by atoms with van der Waals surface area (Å²) in [4.78, 5) is 0. The zero-order valence-electron chi connectivity index (χ0n) is 34.8. The molecule has 4 aliphatic rings. The van der Waals surface area contributed by atoms with E-state index in [4.69, 9.17) is 0 Å². The fourth-order valence-electron chi connectivity index (χ4n) is 12.9. The number of benzene rings is 10. The van der Waals surface area contributed by atoms with Crippen LogP contribution in [0.5, 0.6) is 0 Å². The van der Waals surface area contributed by atoms with Crippen molar-refractivity contribution >= 4 is 78.5 Å². The normalized spacial score (nSPS) is 13.1. The highest BCUT2D eigenvalue weighted by molar-refractivity contribution is 7.03. The van der Waals surface area contributed by atoms with E-state index in [1.54, 1.807) is 0 Å². The van der Waals surface area contributed by atoms with Gasteiger partial charge in [0.05, 0.1) is 23.3 Å². The molecule has 0 spiro atoms. The fraction of sp³-hybridized carbons (Fsp3) is 0.0690. The molecule has 62 heavy (non-hydrogen) atoms. The van der Waals surface area contributed by atoms with E-state index < -0.39 is 0 Å². The summed E-state index contributed by atoms with van der Waals surface area (Å²) in [5.41, 5.74) is 28.8. The number of fused-ring (bicyclic) bond motifs is 10. The van der Waals surface area contributed by atoms with Gasteiger partial charge in [-0.3, -0.25) is 0 Å². The van der Waals surface area contributed by atoms with Gasteiger partial charge < -0.3 is 0 Å². The van der Waals surface area contributed by atoms with Crippen LogP contribution >= 0.6 is 0 Å². The second-order valence-electron chi connectivity index (χ2n) is 18.2. The van der Waals surface area contributed by atoms with Crippen LogP contribution < -0.4 is 32.8 Å². The second kappa shape index (κ2) is 11.6. The highest BCUT2D eigenvalue weighted by Crippen LogP contribution is 2.52. The molecule has 0 atom stereocenters. The van der Waals surface area contributed by atoms with Gasteiger partial charge in [0.2, 0.25) is 13.4 Å². The third-order valence-electron chi connectivity index (χ3n) is 15.2. The molecule has 0 bridgehead atoms. The summed E-state index contributed by atoms with van der Waals surface area (Å²) in [6.07, 6.45) is 0. The number of aryl methyl sites for hydroxylation is 4. The summed E-state index contributed by atoms with van der Waals surface area (Å²) >= 11 is 0. The predicted octanol–water partition coefficient (Wildman–Crippen LogP) is 9.85. The molecule has 282 valence electrons. The fourth-order valence-corrected chi connectivity index (χ4v) is 12.9. The summed E-state index contributed by atoms with van der Waals surface area (Å²) in [6, 6.07) is 54.9. The molecule has 14 rings (SSSR count). The van der Waals surface area contributed by atoms with Crippen molar-refractivity contribution in [1.82, 2.24) is 0 Å². The minimum Gasteiger partial charge on any atom is -0.192 e. The molecule has 0 unspecified atom stereocenters. The molecule has 0 radical (unpaired) electrons. The Morgan fingerprint density at radius 1 is 0.339 bits per heavy atom. The molecule has 10 aromatic carbocycles. The first-order valence-corrected chi connectivity index (χ1v) is 21.7. The lowest BCUT2D eigenvalue weighted by Crippen LogP contribution is -2.53. The quantitative estimate of drug-likeness (QED) is 0.130. The first kappa shape index (κ1) is 34.1. The van der Waals surface area contributed by atoms with Crippen LogP contribution in [0.2, 0.25) is 0 Å². The third kappa shape index (κ3) is 3.97. The highest BCUT2D eigenvalue weighted by Gasteiger charge is 2.45. The molecular formula is C58H34B2N2. The van der Waals surface area contributed by atoms with Crippen molar-refractivity contribution in [2.24, 2.45) is 0 Å². The molecule has 4 aliphatic heterocycles. The van der Waals surface area contributed by atoms with Crippen LogP contribution in [0.3, 0.4) is 0 Å². The van der Waals surface area contributed by atoms with E-state index in [1.807, 2.05) is 0 Å². The Bertz CT molecular complexity index is 3600. The first-order valence-electron chi connectivity index (χ1n) is 21.7. The van der Waals surface area contributed by atoms with E-state index in [1.165, 1.54) is 154 Å². The van der Waals surface area contributed by atoms with Gasteiger partial charge in [-0.2, -0.15) is 10.5 Å². The molecular weight excluding hydrogens is 746 g/mol. The first-order chi connectivity index (χ1) is 30.3. The van der Waals surface area contributed by atoms with E-state index >= 15 is 0 Å². The molecule has 10 aromatic rings. The molecule has 0 aromatic heterocycles. The zero-order chi connectivity index (χ0) is 41.4. The molecule has 0 saturated carbocycles. The molecule has 4 heteroatoms. The van der Waals surface area contributed by atoms with Gasteiger partial charge >= 0.3 is 0 Å². The summed E-state index contributed by atoms with van der Waals surface area (Å²) in [7, 11) is 0. The highest BCUT2D eigenvalue weighted by atomic mass is 14.4. The predicted molar refractivity (Wildman–Crippen MR) is 260 cm³/mol. The largest absolute Gasteiger partial charge is 0.244 e. The molecule has 0 amide bonds. The van der Waals surface area contributed by atoms with E-state index in [0.29, 0.717) is 11.1 Å². The average Bonchev–Trinajstić information content (AvgIpc) is 3.80. The van der Waals surface area contributed by atoms with Crippen molar-refractivity contribution in [3.63, 3.8) is 0 Å². The smallest absolute Gasteiger partial charge is 0.192 e. The van der Waals surface area contributed by atoms with Gasteiger partial charge in [-0.15, -0.1) is 0 Å². The maximum absolute atomic E-state index is 10.6. The van der Waals surface area contributed by atoms with Gasteiger partial charge in [-0.25, -0.2) is 0 Å². The summed E-state index contributed by atoms with van der Waals surface area (Å²) in [5, 5.41) is 28.9. The molecule has 0 saturated heterocycles. The Morgan fingerprint density at radius 3 is 1.10 bits per heavy atom. The lowest BCUT2D eigenvalue weighted by Gasteiger charge is -2.33. The number of nitrogens with zero attached hydrogens (tertiary/aromatic N) is 2. The van der Waals surface area contributed by atoms with Crippen molar-refractivity contribution in [2.75, 3.05) is 0 Å². The van der Waals surface area contributed by atoms with E-state index in [0.717, 1.165) is 0 Å². The zero-order valence-corrected chi connectivity index (χ0v) is 34.8. The second-order valence-corrected chi connectivity index (χ2v) is 18.2. The van der Waals surface area contributed by atoms with Crippen LogP contribution in [-0.2, 0) is 0 Å². The molecule has 0 fully saturated rings. The topological polar surface area (TPSA) is 47.6 Å². The Kier molecular flexibility index (Phi) is 6.37. The van der Waals surface area contributed by atoms with Crippen molar-refractivity contribution in [3.05, 3.63) is 167 Å². The van der Waals surface area contributed by atoms with Crippen molar-refractivity contribution in [1.29, 1.82) is 10.5 Å².